The van der Waals surface area contributed by atoms with Crippen LogP contribution in [0.1, 0.15) is 19.4 Å². The van der Waals surface area contributed by atoms with Crippen LogP contribution in [0.15, 0.2) is 29.4 Å². The van der Waals surface area contributed by atoms with Gasteiger partial charge in [-0.15, -0.1) is 0 Å². The van der Waals surface area contributed by atoms with E-state index < -0.39 is 0 Å². The first-order valence-corrected chi connectivity index (χ1v) is 5.39. The molecule has 0 saturated heterocycles. The molecule has 1 rings (SSSR count). The summed E-state index contributed by atoms with van der Waals surface area (Å²) in [5.74, 6) is 0. The lowest BCUT2D eigenvalue weighted by Gasteiger charge is -2.15. The van der Waals surface area contributed by atoms with Crippen molar-refractivity contribution in [2.45, 2.75) is 13.8 Å². The Hall–Kier alpha value is -2.04. The molecule has 1 aromatic carbocycles. The van der Waals surface area contributed by atoms with Gasteiger partial charge >= 0.3 is 6.03 Å². The van der Waals surface area contributed by atoms with E-state index in [0.29, 0.717) is 17.9 Å². The van der Waals surface area contributed by atoms with Gasteiger partial charge in [-0.3, -0.25) is 0 Å². The summed E-state index contributed by atoms with van der Waals surface area (Å²) in [4.78, 5) is 13.1. The zero-order valence-corrected chi connectivity index (χ0v) is 10.3. The third-order valence-corrected chi connectivity index (χ3v) is 2.52. The van der Waals surface area contributed by atoms with Crippen LogP contribution in [0.5, 0.6) is 0 Å². The van der Waals surface area contributed by atoms with Crippen LogP contribution < -0.4 is 5.32 Å². The van der Waals surface area contributed by atoms with E-state index in [0.717, 1.165) is 5.56 Å². The minimum Gasteiger partial charge on any atom is -0.411 e. The van der Waals surface area contributed by atoms with E-state index in [9.17, 15) is 4.79 Å². The van der Waals surface area contributed by atoms with Gasteiger partial charge in [0.1, 0.15) is 0 Å². The molecule has 0 aliphatic heterocycles. The minimum absolute atomic E-state index is 0.146. The first-order valence-electron chi connectivity index (χ1n) is 5.39. The van der Waals surface area contributed by atoms with E-state index >= 15 is 0 Å². The Morgan fingerprint density at radius 1 is 1.41 bits per heavy atom. The van der Waals surface area contributed by atoms with E-state index in [-0.39, 0.29) is 6.03 Å². The fourth-order valence-electron chi connectivity index (χ4n) is 1.22. The van der Waals surface area contributed by atoms with Gasteiger partial charge in [0.2, 0.25) is 0 Å². The van der Waals surface area contributed by atoms with E-state index in [1.54, 1.807) is 43.1 Å². The van der Waals surface area contributed by atoms with Crippen LogP contribution in [0.25, 0.3) is 0 Å². The Balaban J connectivity index is 2.72. The molecule has 2 amide bonds. The normalized spacial score (nSPS) is 11.1. The molecule has 0 aliphatic carbocycles. The standard InChI is InChI=1S/C12H17N3O2/c1-4-15(3)12(16)13-11-7-5-10(6-8-11)9(2)14-17/h5-8,17H,4H2,1-3H3,(H,13,16). The Bertz CT molecular complexity index is 412. The van der Waals surface area contributed by atoms with Gasteiger partial charge in [0.25, 0.3) is 0 Å². The molecule has 17 heavy (non-hydrogen) atoms. The zero-order valence-electron chi connectivity index (χ0n) is 10.3. The molecule has 5 nitrogen and oxygen atoms in total. The van der Waals surface area contributed by atoms with Crippen molar-refractivity contribution in [1.82, 2.24) is 4.90 Å². The highest BCUT2D eigenvalue weighted by Crippen LogP contribution is 2.10. The number of rotatable bonds is 3. The van der Waals surface area contributed by atoms with E-state index in [1.165, 1.54) is 0 Å². The van der Waals surface area contributed by atoms with Crippen LogP contribution in [-0.4, -0.2) is 35.4 Å². The monoisotopic (exact) mass is 235 g/mol. The first-order chi connectivity index (χ1) is 8.08. The number of nitrogens with one attached hydrogen (secondary N) is 1. The van der Waals surface area contributed by atoms with Crippen LogP contribution >= 0.6 is 0 Å². The number of carbonyl (C=O) groups excluding carboxylic acids is 1. The molecule has 0 atom stereocenters. The largest absolute Gasteiger partial charge is 0.411 e. The van der Waals surface area contributed by atoms with Gasteiger partial charge in [0.05, 0.1) is 5.71 Å². The van der Waals surface area contributed by atoms with E-state index in [4.69, 9.17) is 5.21 Å². The molecule has 5 heteroatoms. The number of urea groups is 1. The van der Waals surface area contributed by atoms with Crippen molar-refractivity contribution in [3.63, 3.8) is 0 Å². The maximum atomic E-state index is 11.6. The molecule has 0 saturated carbocycles. The van der Waals surface area contributed by atoms with Crippen LogP contribution in [0.2, 0.25) is 0 Å². The van der Waals surface area contributed by atoms with Crippen molar-refractivity contribution in [3.05, 3.63) is 29.8 Å². The Labute approximate surface area is 101 Å². The van der Waals surface area contributed by atoms with Gasteiger partial charge < -0.3 is 15.4 Å². The first kappa shape index (κ1) is 13.0. The van der Waals surface area contributed by atoms with Crippen LogP contribution in [-0.2, 0) is 0 Å². The predicted molar refractivity (Wildman–Crippen MR) is 67.8 cm³/mol. The smallest absolute Gasteiger partial charge is 0.321 e. The lowest BCUT2D eigenvalue weighted by molar-refractivity contribution is 0.224. The topological polar surface area (TPSA) is 64.9 Å². The highest BCUT2D eigenvalue weighted by Gasteiger charge is 2.06. The summed E-state index contributed by atoms with van der Waals surface area (Å²) >= 11 is 0. The summed E-state index contributed by atoms with van der Waals surface area (Å²) in [6, 6.07) is 6.97. The molecule has 1 aromatic rings. The summed E-state index contributed by atoms with van der Waals surface area (Å²) < 4.78 is 0. The molecular weight excluding hydrogens is 218 g/mol. The number of oxime groups is 1. The molecule has 0 radical (unpaired) electrons. The quantitative estimate of drug-likeness (QED) is 0.480. The predicted octanol–water partition coefficient (Wildman–Crippen LogP) is 2.37. The van der Waals surface area contributed by atoms with Gasteiger partial charge in [0, 0.05) is 19.3 Å². The lowest BCUT2D eigenvalue weighted by Crippen LogP contribution is -2.30. The van der Waals surface area contributed by atoms with Crippen molar-refractivity contribution in [1.29, 1.82) is 0 Å². The van der Waals surface area contributed by atoms with Gasteiger partial charge in [0.15, 0.2) is 0 Å². The molecule has 0 aromatic heterocycles. The summed E-state index contributed by atoms with van der Waals surface area (Å²) in [6.45, 7) is 4.27. The number of hydrogen-bond acceptors (Lipinski definition) is 3. The van der Waals surface area contributed by atoms with Crippen molar-refractivity contribution >= 4 is 17.4 Å². The van der Waals surface area contributed by atoms with Crippen molar-refractivity contribution in [2.75, 3.05) is 18.9 Å². The van der Waals surface area contributed by atoms with Crippen molar-refractivity contribution < 1.29 is 10.0 Å². The van der Waals surface area contributed by atoms with E-state index in [2.05, 4.69) is 10.5 Å². The number of hydrogen-bond donors (Lipinski definition) is 2. The average molecular weight is 235 g/mol. The molecule has 0 bridgehead atoms. The summed E-state index contributed by atoms with van der Waals surface area (Å²) in [5, 5.41) is 14.5. The third kappa shape index (κ3) is 3.48. The number of benzene rings is 1. The lowest BCUT2D eigenvalue weighted by atomic mass is 10.1. The highest BCUT2D eigenvalue weighted by atomic mass is 16.4. The van der Waals surface area contributed by atoms with Crippen molar-refractivity contribution in [3.8, 4) is 0 Å². The Kier molecular flexibility index (Phi) is 4.51. The van der Waals surface area contributed by atoms with Gasteiger partial charge in [-0.25, -0.2) is 4.79 Å². The van der Waals surface area contributed by atoms with Crippen LogP contribution in [0.4, 0.5) is 10.5 Å². The third-order valence-electron chi connectivity index (χ3n) is 2.52. The second-order valence-electron chi connectivity index (χ2n) is 3.71. The SMILES string of the molecule is CCN(C)C(=O)Nc1ccc(C(C)=NO)cc1. The number of anilines is 1. The molecule has 0 aliphatic rings. The second kappa shape index (κ2) is 5.89. The number of nitrogens with zero attached hydrogens (tertiary/aromatic N) is 2. The molecule has 0 unspecified atom stereocenters. The minimum atomic E-state index is -0.146. The molecular formula is C12H17N3O2. The Morgan fingerprint density at radius 2 is 2.00 bits per heavy atom. The summed E-state index contributed by atoms with van der Waals surface area (Å²) in [5.41, 5.74) is 2.06. The fourth-order valence-corrected chi connectivity index (χ4v) is 1.22. The average Bonchev–Trinajstić information content (AvgIpc) is 2.37. The fraction of sp³-hybridized carbons (Fsp3) is 0.333. The molecule has 0 spiro atoms. The maximum Gasteiger partial charge on any atom is 0.321 e. The molecule has 0 fully saturated rings. The van der Waals surface area contributed by atoms with Crippen LogP contribution in [0.3, 0.4) is 0 Å². The summed E-state index contributed by atoms with van der Waals surface area (Å²) in [7, 11) is 1.73. The van der Waals surface area contributed by atoms with E-state index in [1.807, 2.05) is 6.92 Å². The van der Waals surface area contributed by atoms with Gasteiger partial charge in [-0.2, -0.15) is 0 Å². The van der Waals surface area contributed by atoms with Gasteiger partial charge in [-0.05, 0) is 31.5 Å². The second-order valence-corrected chi connectivity index (χ2v) is 3.71. The molecule has 2 N–H and O–H groups in total. The zero-order chi connectivity index (χ0) is 12.8. The summed E-state index contributed by atoms with van der Waals surface area (Å²) in [6.07, 6.45) is 0. The van der Waals surface area contributed by atoms with Crippen molar-refractivity contribution in [2.24, 2.45) is 5.16 Å². The highest BCUT2D eigenvalue weighted by molar-refractivity contribution is 5.99. The number of amides is 2. The molecule has 92 valence electrons. The van der Waals surface area contributed by atoms with Gasteiger partial charge in [-0.1, -0.05) is 17.3 Å². The molecule has 0 heterocycles. The number of carbonyl (C=O) groups is 1. The maximum absolute atomic E-state index is 11.6. The van der Waals surface area contributed by atoms with Crippen LogP contribution in [0, 0.1) is 0 Å². The Morgan fingerprint density at radius 3 is 2.47 bits per heavy atom.